The van der Waals surface area contributed by atoms with Crippen LogP contribution in [0.15, 0.2) is 78.9 Å². The van der Waals surface area contributed by atoms with Gasteiger partial charge in [-0.25, -0.2) is 4.98 Å². The lowest BCUT2D eigenvalue weighted by molar-refractivity contribution is -0.384. The van der Waals surface area contributed by atoms with Gasteiger partial charge < -0.3 is 5.32 Å². The molecule has 0 atom stereocenters. The fourth-order valence-corrected chi connectivity index (χ4v) is 3.32. The van der Waals surface area contributed by atoms with Gasteiger partial charge in [0.15, 0.2) is 0 Å². The molecule has 148 valence electrons. The molecule has 0 aliphatic heterocycles. The Morgan fingerprint density at radius 3 is 2.50 bits per heavy atom. The fraction of sp³-hybridized carbons (Fsp3) is 0.0833. The van der Waals surface area contributed by atoms with E-state index in [1.54, 1.807) is 18.2 Å². The van der Waals surface area contributed by atoms with Crippen LogP contribution in [0.25, 0.3) is 22.2 Å². The molecule has 0 spiro atoms. The molecular formula is C24H19N3O3. The van der Waals surface area contributed by atoms with Gasteiger partial charge in [-0.15, -0.1) is 0 Å². The number of non-ortho nitro benzene ring substituents is 1. The Morgan fingerprint density at radius 2 is 1.77 bits per heavy atom. The lowest BCUT2D eigenvalue weighted by Gasteiger charge is -2.11. The molecule has 0 aliphatic rings. The summed E-state index contributed by atoms with van der Waals surface area (Å²) in [5.41, 5.74) is 4.29. The summed E-state index contributed by atoms with van der Waals surface area (Å²) in [7, 11) is 0. The molecule has 0 fully saturated rings. The second-order valence-electron chi connectivity index (χ2n) is 6.88. The van der Waals surface area contributed by atoms with E-state index in [4.69, 9.17) is 4.98 Å². The van der Waals surface area contributed by atoms with Crippen molar-refractivity contribution in [3.05, 3.63) is 100 Å². The van der Waals surface area contributed by atoms with Crippen molar-refractivity contribution in [3.8, 4) is 11.3 Å². The average molecular weight is 397 g/mol. The third-order valence-electron chi connectivity index (χ3n) is 4.93. The lowest BCUT2D eigenvalue weighted by Crippen LogP contribution is -2.13. The summed E-state index contributed by atoms with van der Waals surface area (Å²) < 4.78 is 0. The summed E-state index contributed by atoms with van der Waals surface area (Å²) in [5, 5.41) is 14.5. The molecule has 0 unspecified atom stereocenters. The van der Waals surface area contributed by atoms with Crippen LogP contribution in [0.5, 0.6) is 0 Å². The largest absolute Gasteiger partial charge is 0.322 e. The van der Waals surface area contributed by atoms with E-state index in [0.717, 1.165) is 12.0 Å². The van der Waals surface area contributed by atoms with Gasteiger partial charge in [0.2, 0.25) is 0 Å². The van der Waals surface area contributed by atoms with Gasteiger partial charge in [-0.1, -0.05) is 55.5 Å². The van der Waals surface area contributed by atoms with Crippen LogP contribution in [-0.4, -0.2) is 15.8 Å². The minimum Gasteiger partial charge on any atom is -0.322 e. The highest BCUT2D eigenvalue weighted by atomic mass is 16.6. The molecular weight excluding hydrogens is 378 g/mol. The van der Waals surface area contributed by atoms with E-state index in [2.05, 4.69) is 24.4 Å². The van der Waals surface area contributed by atoms with Gasteiger partial charge in [0, 0.05) is 28.8 Å². The molecule has 6 heteroatoms. The van der Waals surface area contributed by atoms with E-state index in [0.29, 0.717) is 27.8 Å². The number of fused-ring (bicyclic) bond motifs is 1. The Balaban J connectivity index is 1.76. The summed E-state index contributed by atoms with van der Waals surface area (Å²) >= 11 is 0. The molecule has 4 rings (SSSR count). The number of hydrogen-bond acceptors (Lipinski definition) is 4. The summed E-state index contributed by atoms with van der Waals surface area (Å²) in [5.74, 6) is -0.347. The van der Waals surface area contributed by atoms with Crippen LogP contribution in [0, 0.1) is 10.1 Å². The standard InChI is InChI=1S/C24H19N3O3/c1-2-16-10-12-17(13-11-16)23-15-21(20-8-3-4-9-22(20)26-23)24(28)25-18-6-5-7-19(14-18)27(29)30/h3-15H,2H2,1H3,(H,25,28). The topological polar surface area (TPSA) is 85.1 Å². The molecule has 0 aliphatic carbocycles. The zero-order valence-corrected chi connectivity index (χ0v) is 16.3. The fourth-order valence-electron chi connectivity index (χ4n) is 3.32. The number of carbonyl (C=O) groups excluding carboxylic acids is 1. The number of nitro groups is 1. The molecule has 1 amide bonds. The first-order chi connectivity index (χ1) is 14.5. The maximum Gasteiger partial charge on any atom is 0.271 e. The number of benzene rings is 3. The quantitative estimate of drug-likeness (QED) is 0.350. The normalized spacial score (nSPS) is 10.7. The first kappa shape index (κ1) is 19.3. The van der Waals surface area contributed by atoms with E-state index in [-0.39, 0.29) is 11.6 Å². The van der Waals surface area contributed by atoms with Gasteiger partial charge in [-0.2, -0.15) is 0 Å². The maximum absolute atomic E-state index is 13.1. The van der Waals surface area contributed by atoms with Crippen molar-refractivity contribution in [2.75, 3.05) is 5.32 Å². The molecule has 3 aromatic carbocycles. The van der Waals surface area contributed by atoms with Crippen molar-refractivity contribution in [2.45, 2.75) is 13.3 Å². The molecule has 0 saturated carbocycles. The molecule has 1 aromatic heterocycles. The molecule has 6 nitrogen and oxygen atoms in total. The van der Waals surface area contributed by atoms with Crippen molar-refractivity contribution < 1.29 is 9.72 Å². The van der Waals surface area contributed by atoms with Crippen LogP contribution < -0.4 is 5.32 Å². The third kappa shape index (κ3) is 3.89. The predicted octanol–water partition coefficient (Wildman–Crippen LogP) is 5.62. The number of aryl methyl sites for hydroxylation is 1. The van der Waals surface area contributed by atoms with Crippen LogP contribution in [0.4, 0.5) is 11.4 Å². The van der Waals surface area contributed by atoms with Crippen molar-refractivity contribution in [3.63, 3.8) is 0 Å². The number of nitro benzene ring substituents is 1. The van der Waals surface area contributed by atoms with Crippen molar-refractivity contribution in [2.24, 2.45) is 0 Å². The second kappa shape index (κ2) is 8.13. The Kier molecular flexibility index (Phi) is 5.22. The van der Waals surface area contributed by atoms with Crippen LogP contribution in [-0.2, 0) is 6.42 Å². The molecule has 1 N–H and O–H groups in total. The number of carbonyl (C=O) groups is 1. The lowest BCUT2D eigenvalue weighted by atomic mass is 10.0. The van der Waals surface area contributed by atoms with Crippen LogP contribution in [0.3, 0.4) is 0 Å². The van der Waals surface area contributed by atoms with Gasteiger partial charge in [0.05, 0.1) is 21.7 Å². The van der Waals surface area contributed by atoms with Gasteiger partial charge in [-0.3, -0.25) is 14.9 Å². The zero-order chi connectivity index (χ0) is 21.1. The number of nitrogens with one attached hydrogen (secondary N) is 1. The van der Waals surface area contributed by atoms with E-state index < -0.39 is 4.92 Å². The number of rotatable bonds is 5. The van der Waals surface area contributed by atoms with E-state index in [9.17, 15) is 14.9 Å². The number of amides is 1. The highest BCUT2D eigenvalue weighted by Crippen LogP contribution is 2.26. The molecule has 1 heterocycles. The first-order valence-corrected chi connectivity index (χ1v) is 9.60. The van der Waals surface area contributed by atoms with E-state index in [1.165, 1.54) is 17.7 Å². The van der Waals surface area contributed by atoms with Crippen molar-refractivity contribution in [1.82, 2.24) is 4.98 Å². The monoisotopic (exact) mass is 397 g/mol. The number of aromatic nitrogens is 1. The summed E-state index contributed by atoms with van der Waals surface area (Å²) in [6, 6.07) is 23.2. The summed E-state index contributed by atoms with van der Waals surface area (Å²) in [6.07, 6.45) is 0.947. The van der Waals surface area contributed by atoms with Crippen molar-refractivity contribution >= 4 is 28.2 Å². The van der Waals surface area contributed by atoms with Crippen LogP contribution in [0.2, 0.25) is 0 Å². The molecule has 0 radical (unpaired) electrons. The number of nitrogens with zero attached hydrogens (tertiary/aromatic N) is 2. The van der Waals surface area contributed by atoms with Gasteiger partial charge >= 0.3 is 0 Å². The Bertz CT molecular complexity index is 1250. The SMILES string of the molecule is CCc1ccc(-c2cc(C(=O)Nc3cccc([N+](=O)[O-])c3)c3ccccc3n2)cc1. The summed E-state index contributed by atoms with van der Waals surface area (Å²) in [6.45, 7) is 2.10. The zero-order valence-electron chi connectivity index (χ0n) is 16.3. The number of para-hydroxylation sites is 1. The first-order valence-electron chi connectivity index (χ1n) is 9.60. The van der Waals surface area contributed by atoms with Gasteiger partial charge in [0.25, 0.3) is 11.6 Å². The number of anilines is 1. The Labute approximate surface area is 173 Å². The molecule has 0 bridgehead atoms. The average Bonchev–Trinajstić information content (AvgIpc) is 2.78. The van der Waals surface area contributed by atoms with Gasteiger partial charge in [-0.05, 0) is 30.2 Å². The number of pyridine rings is 1. The Morgan fingerprint density at radius 1 is 1.00 bits per heavy atom. The highest BCUT2D eigenvalue weighted by molar-refractivity contribution is 6.13. The van der Waals surface area contributed by atoms with Gasteiger partial charge in [0.1, 0.15) is 0 Å². The second-order valence-corrected chi connectivity index (χ2v) is 6.88. The third-order valence-corrected chi connectivity index (χ3v) is 4.93. The predicted molar refractivity (Wildman–Crippen MR) is 118 cm³/mol. The van der Waals surface area contributed by atoms with Crippen molar-refractivity contribution in [1.29, 1.82) is 0 Å². The Hall–Kier alpha value is -4.06. The number of hydrogen-bond donors (Lipinski definition) is 1. The molecule has 0 saturated heterocycles. The minimum absolute atomic E-state index is 0.0795. The van der Waals surface area contributed by atoms with Crippen LogP contribution in [0.1, 0.15) is 22.8 Å². The van der Waals surface area contributed by atoms with E-state index >= 15 is 0 Å². The smallest absolute Gasteiger partial charge is 0.271 e. The molecule has 30 heavy (non-hydrogen) atoms. The minimum atomic E-state index is -0.491. The summed E-state index contributed by atoms with van der Waals surface area (Å²) in [4.78, 5) is 28.3. The molecule has 4 aromatic rings. The van der Waals surface area contributed by atoms with E-state index in [1.807, 2.05) is 36.4 Å². The maximum atomic E-state index is 13.1. The van der Waals surface area contributed by atoms with Crippen LogP contribution >= 0.6 is 0 Å². The highest BCUT2D eigenvalue weighted by Gasteiger charge is 2.15.